The number of benzene rings is 2. The summed E-state index contributed by atoms with van der Waals surface area (Å²) in [6.07, 6.45) is 1.83. The van der Waals surface area contributed by atoms with E-state index in [1.807, 2.05) is 49.6 Å². The molecule has 0 spiro atoms. The third-order valence-electron chi connectivity index (χ3n) is 4.93. The van der Waals surface area contributed by atoms with Gasteiger partial charge in [-0.15, -0.1) is 11.3 Å². The van der Waals surface area contributed by atoms with Crippen LogP contribution in [0.15, 0.2) is 78.0 Å². The standard InChI is InChI=1S/C26H24N4O5S2/c1-3-34-26(33)20-15-21(17-8-5-4-6-9-17)36-24(20)27-22(31)16-35-25(32)18-10-7-11-19(14-18)29-37-23-12-13-30(2)28-23/h4-15,29H,3,16H2,1-2H3,(H,27,31). The lowest BCUT2D eigenvalue weighted by atomic mass is 10.1. The van der Waals surface area contributed by atoms with Gasteiger partial charge in [0.1, 0.15) is 10.0 Å². The maximum Gasteiger partial charge on any atom is 0.341 e. The van der Waals surface area contributed by atoms with E-state index < -0.39 is 24.5 Å². The highest BCUT2D eigenvalue weighted by atomic mass is 32.2. The Morgan fingerprint density at radius 3 is 2.54 bits per heavy atom. The molecule has 0 radical (unpaired) electrons. The van der Waals surface area contributed by atoms with Crippen LogP contribution in [-0.4, -0.2) is 40.8 Å². The molecule has 0 saturated carbocycles. The summed E-state index contributed by atoms with van der Waals surface area (Å²) in [5.41, 5.74) is 2.11. The molecule has 0 aliphatic rings. The Bertz CT molecular complexity index is 1400. The van der Waals surface area contributed by atoms with Crippen LogP contribution >= 0.6 is 23.3 Å². The van der Waals surface area contributed by atoms with Gasteiger partial charge in [0, 0.05) is 35.8 Å². The minimum absolute atomic E-state index is 0.203. The van der Waals surface area contributed by atoms with Crippen molar-refractivity contribution in [3.8, 4) is 10.4 Å². The van der Waals surface area contributed by atoms with Crippen LogP contribution in [0, 0.1) is 0 Å². The van der Waals surface area contributed by atoms with Crippen molar-refractivity contribution in [3.05, 3.63) is 84.1 Å². The molecule has 4 aromatic rings. The van der Waals surface area contributed by atoms with Crippen molar-refractivity contribution in [1.82, 2.24) is 9.78 Å². The fourth-order valence-electron chi connectivity index (χ4n) is 3.24. The molecule has 11 heteroatoms. The fraction of sp³-hybridized carbons (Fsp3) is 0.154. The summed E-state index contributed by atoms with van der Waals surface area (Å²) in [6.45, 7) is 1.40. The van der Waals surface area contributed by atoms with E-state index in [2.05, 4.69) is 15.1 Å². The number of hydrogen-bond donors (Lipinski definition) is 2. The van der Waals surface area contributed by atoms with Crippen LogP contribution in [0.25, 0.3) is 10.4 Å². The van der Waals surface area contributed by atoms with Crippen molar-refractivity contribution in [2.24, 2.45) is 7.05 Å². The monoisotopic (exact) mass is 536 g/mol. The summed E-state index contributed by atoms with van der Waals surface area (Å²) < 4.78 is 15.2. The van der Waals surface area contributed by atoms with Crippen LogP contribution < -0.4 is 10.0 Å². The second-order valence-electron chi connectivity index (χ2n) is 7.68. The molecule has 0 unspecified atom stereocenters. The number of rotatable bonds is 10. The first-order valence-electron chi connectivity index (χ1n) is 11.3. The average Bonchev–Trinajstić information content (AvgIpc) is 3.53. The Labute approximate surface area is 221 Å². The number of aromatic nitrogens is 2. The Morgan fingerprint density at radius 2 is 1.81 bits per heavy atom. The summed E-state index contributed by atoms with van der Waals surface area (Å²) in [7, 11) is 1.83. The van der Waals surface area contributed by atoms with Gasteiger partial charge in [-0.25, -0.2) is 9.59 Å². The molecule has 2 N–H and O–H groups in total. The molecule has 190 valence electrons. The zero-order chi connectivity index (χ0) is 26.2. The topological polar surface area (TPSA) is 112 Å². The highest BCUT2D eigenvalue weighted by Crippen LogP contribution is 2.36. The molecular weight excluding hydrogens is 512 g/mol. The van der Waals surface area contributed by atoms with E-state index in [1.54, 1.807) is 41.9 Å². The highest BCUT2D eigenvalue weighted by Gasteiger charge is 2.20. The number of hydrogen-bond acceptors (Lipinski definition) is 9. The first-order valence-corrected chi connectivity index (χ1v) is 12.9. The minimum atomic E-state index is -0.650. The normalized spacial score (nSPS) is 10.5. The number of anilines is 2. The molecule has 0 fully saturated rings. The zero-order valence-electron chi connectivity index (χ0n) is 20.1. The quantitative estimate of drug-likeness (QED) is 0.209. The molecule has 37 heavy (non-hydrogen) atoms. The van der Waals surface area contributed by atoms with Gasteiger partial charge in [-0.2, -0.15) is 5.10 Å². The molecule has 0 atom stereocenters. The van der Waals surface area contributed by atoms with E-state index in [0.29, 0.717) is 10.7 Å². The van der Waals surface area contributed by atoms with Crippen molar-refractivity contribution in [1.29, 1.82) is 0 Å². The molecule has 2 aromatic carbocycles. The summed E-state index contributed by atoms with van der Waals surface area (Å²) >= 11 is 2.55. The molecular formula is C26H24N4O5S2. The van der Waals surface area contributed by atoms with Gasteiger partial charge in [-0.3, -0.25) is 9.48 Å². The van der Waals surface area contributed by atoms with Gasteiger partial charge >= 0.3 is 11.9 Å². The number of nitrogens with one attached hydrogen (secondary N) is 2. The number of amides is 1. The van der Waals surface area contributed by atoms with E-state index in [4.69, 9.17) is 9.47 Å². The van der Waals surface area contributed by atoms with E-state index in [0.717, 1.165) is 15.5 Å². The molecule has 1 amide bonds. The smallest absolute Gasteiger partial charge is 0.341 e. The van der Waals surface area contributed by atoms with Crippen molar-refractivity contribution in [2.75, 3.05) is 23.3 Å². The van der Waals surface area contributed by atoms with Gasteiger partial charge in [0.25, 0.3) is 5.91 Å². The van der Waals surface area contributed by atoms with Crippen molar-refractivity contribution in [2.45, 2.75) is 11.9 Å². The Balaban J connectivity index is 1.37. The Morgan fingerprint density at radius 1 is 1.00 bits per heavy atom. The molecule has 2 aromatic heterocycles. The lowest BCUT2D eigenvalue weighted by Crippen LogP contribution is -2.21. The predicted molar refractivity (Wildman–Crippen MR) is 144 cm³/mol. The maximum absolute atomic E-state index is 12.6. The highest BCUT2D eigenvalue weighted by molar-refractivity contribution is 8.00. The number of esters is 2. The van der Waals surface area contributed by atoms with Gasteiger partial charge in [-0.05, 0) is 42.8 Å². The van der Waals surface area contributed by atoms with Crippen LogP contribution in [0.3, 0.4) is 0 Å². The molecule has 9 nitrogen and oxygen atoms in total. The van der Waals surface area contributed by atoms with Gasteiger partial charge < -0.3 is 19.5 Å². The molecule has 0 aliphatic carbocycles. The second kappa shape index (κ2) is 12.2. The van der Waals surface area contributed by atoms with Crippen LogP contribution in [-0.2, 0) is 21.3 Å². The first kappa shape index (κ1) is 26.0. The number of nitrogens with zero attached hydrogens (tertiary/aromatic N) is 2. The molecule has 0 saturated heterocycles. The van der Waals surface area contributed by atoms with E-state index >= 15 is 0 Å². The molecule has 4 rings (SSSR count). The third-order valence-corrected chi connectivity index (χ3v) is 6.80. The van der Waals surface area contributed by atoms with Gasteiger partial charge in [0.05, 0.1) is 17.7 Å². The van der Waals surface area contributed by atoms with E-state index in [1.165, 1.54) is 23.3 Å². The summed E-state index contributed by atoms with van der Waals surface area (Å²) in [4.78, 5) is 38.4. The van der Waals surface area contributed by atoms with Crippen molar-refractivity contribution < 1.29 is 23.9 Å². The lowest BCUT2D eigenvalue weighted by molar-refractivity contribution is -0.119. The second-order valence-corrected chi connectivity index (χ2v) is 9.56. The summed E-state index contributed by atoms with van der Waals surface area (Å²) in [5, 5.41) is 8.05. The Kier molecular flexibility index (Phi) is 8.60. The minimum Gasteiger partial charge on any atom is -0.462 e. The van der Waals surface area contributed by atoms with Crippen LogP contribution in [0.4, 0.5) is 10.7 Å². The lowest BCUT2D eigenvalue weighted by Gasteiger charge is -2.08. The summed E-state index contributed by atoms with van der Waals surface area (Å²) in [6, 6.07) is 19.8. The zero-order valence-corrected chi connectivity index (χ0v) is 21.7. The third kappa shape index (κ3) is 6.99. The van der Waals surface area contributed by atoms with Crippen LogP contribution in [0.2, 0.25) is 0 Å². The first-order chi connectivity index (χ1) is 17.9. The largest absolute Gasteiger partial charge is 0.462 e. The number of aryl methyl sites for hydroxylation is 1. The van der Waals surface area contributed by atoms with E-state index in [-0.39, 0.29) is 17.7 Å². The van der Waals surface area contributed by atoms with Gasteiger partial charge in [-0.1, -0.05) is 36.4 Å². The van der Waals surface area contributed by atoms with Crippen molar-refractivity contribution in [3.63, 3.8) is 0 Å². The fourth-order valence-corrected chi connectivity index (χ4v) is 4.95. The molecule has 2 heterocycles. The van der Waals surface area contributed by atoms with Gasteiger partial charge in [0.15, 0.2) is 6.61 Å². The average molecular weight is 537 g/mol. The van der Waals surface area contributed by atoms with Gasteiger partial charge in [0.2, 0.25) is 0 Å². The number of thiophene rings is 1. The molecule has 0 aliphatic heterocycles. The van der Waals surface area contributed by atoms with Crippen LogP contribution in [0.5, 0.6) is 0 Å². The van der Waals surface area contributed by atoms with Crippen molar-refractivity contribution >= 4 is 51.8 Å². The predicted octanol–water partition coefficient (Wildman–Crippen LogP) is 5.24. The Hall–Kier alpha value is -4.09. The van der Waals surface area contributed by atoms with Crippen LogP contribution in [0.1, 0.15) is 27.6 Å². The molecule has 0 bridgehead atoms. The number of carbonyl (C=O) groups excluding carboxylic acids is 3. The number of ether oxygens (including phenoxy) is 2. The summed E-state index contributed by atoms with van der Waals surface area (Å²) in [5.74, 6) is -1.76. The maximum atomic E-state index is 12.6. The van der Waals surface area contributed by atoms with E-state index in [9.17, 15) is 14.4 Å². The number of carbonyl (C=O) groups is 3. The SMILES string of the molecule is CCOC(=O)c1cc(-c2ccccc2)sc1NC(=O)COC(=O)c1cccc(NSc2ccn(C)n2)c1.